The van der Waals surface area contributed by atoms with E-state index in [1.165, 1.54) is 26.0 Å². The number of hydrogen-bond donors (Lipinski definition) is 1. The molecule has 82 valence electrons. The van der Waals surface area contributed by atoms with E-state index in [1.54, 1.807) is 6.07 Å². The number of likely N-dealkylation sites (N-methyl/N-ethyl adjacent to an activating group) is 1. The van der Waals surface area contributed by atoms with Gasteiger partial charge in [0, 0.05) is 12.9 Å². The molecule has 0 bridgehead atoms. The zero-order valence-corrected chi connectivity index (χ0v) is 8.76. The minimum absolute atomic E-state index is 0.0929. The molecule has 0 fully saturated rings. The molecule has 1 N–H and O–H groups in total. The van der Waals surface area contributed by atoms with E-state index in [-0.39, 0.29) is 12.4 Å². The predicted molar refractivity (Wildman–Crippen MR) is 59.4 cm³/mol. The fourth-order valence-electron chi connectivity index (χ4n) is 1.41. The monoisotopic (exact) mass is 212 g/mol. The van der Waals surface area contributed by atoms with Crippen LogP contribution in [0, 0.1) is 0 Å². The molecule has 0 radical (unpaired) electrons. The average Bonchev–Trinajstić information content (AvgIpc) is 2.71. The summed E-state index contributed by atoms with van der Waals surface area (Å²) in [6, 6.07) is 2.75. The quantitative estimate of drug-likeness (QED) is 0.827. The predicted octanol–water partition coefficient (Wildman–Crippen LogP) is 1.96. The van der Waals surface area contributed by atoms with Crippen LogP contribution in [0.3, 0.4) is 0 Å². The second-order valence-electron chi connectivity index (χ2n) is 3.19. The van der Waals surface area contributed by atoms with Gasteiger partial charge in [0.25, 0.3) is 0 Å². The van der Waals surface area contributed by atoms with Crippen LogP contribution in [0.2, 0.25) is 0 Å². The molecule has 1 aliphatic rings. The van der Waals surface area contributed by atoms with Crippen LogP contribution in [0.25, 0.3) is 0 Å². The normalized spacial score (nSPS) is 24.3. The molecule has 0 spiro atoms. The van der Waals surface area contributed by atoms with Gasteiger partial charge in [-0.1, -0.05) is 13.0 Å². The molecule has 1 aliphatic heterocycles. The van der Waals surface area contributed by atoms with Gasteiger partial charge in [0.2, 0.25) is 6.79 Å². The van der Waals surface area contributed by atoms with Gasteiger partial charge in [-0.3, -0.25) is 0 Å². The first kappa shape index (κ1) is 5.75. The van der Waals surface area contributed by atoms with Gasteiger partial charge in [0.1, 0.15) is 0 Å². The van der Waals surface area contributed by atoms with Crippen LogP contribution in [0.15, 0.2) is 18.2 Å². The smallest absolute Gasteiger partial charge is 0.231 e. The fourth-order valence-corrected chi connectivity index (χ4v) is 1.41. The van der Waals surface area contributed by atoms with Gasteiger partial charge in [0.05, 0.1) is 0 Å². The summed E-state index contributed by atoms with van der Waals surface area (Å²) in [6.07, 6.45) is -2.11. The van der Waals surface area contributed by atoms with Crippen LogP contribution in [-0.4, -0.2) is 19.3 Å². The van der Waals surface area contributed by atoms with Crippen LogP contribution < -0.4 is 14.8 Å². The number of hydrogen-bond acceptors (Lipinski definition) is 3. The number of rotatable bonds is 4. The maximum atomic E-state index is 8.17. The van der Waals surface area contributed by atoms with Crippen molar-refractivity contribution in [3.05, 3.63) is 23.8 Å². The lowest BCUT2D eigenvalue weighted by molar-refractivity contribution is 0.174. The summed E-state index contributed by atoms with van der Waals surface area (Å²) >= 11 is 0. The summed E-state index contributed by atoms with van der Waals surface area (Å²) in [5, 5.41) is 2.35. The second kappa shape index (κ2) is 4.53. The Hall–Kier alpha value is -1.22. The lowest BCUT2D eigenvalue weighted by Gasteiger charge is -2.12. The highest BCUT2D eigenvalue weighted by atomic mass is 16.7. The third-order valence-electron chi connectivity index (χ3n) is 2.02. The summed E-state index contributed by atoms with van der Waals surface area (Å²) in [6.45, 7) is 0.782. The first-order valence-corrected chi connectivity index (χ1v) is 4.72. The second-order valence-corrected chi connectivity index (χ2v) is 3.19. The molecule has 0 aromatic heterocycles. The van der Waals surface area contributed by atoms with Gasteiger partial charge in [-0.05, 0) is 37.5 Å². The summed E-state index contributed by atoms with van der Waals surface area (Å²) in [5.74, 6) is 0.969. The zero-order chi connectivity index (χ0) is 15.2. The summed E-state index contributed by atoms with van der Waals surface area (Å²) in [5.41, 5.74) is 0.232. The highest BCUT2D eigenvalue weighted by Gasteiger charge is 2.13. The Balaban J connectivity index is 2.34. The molecule has 1 aromatic rings. The van der Waals surface area contributed by atoms with Crippen molar-refractivity contribution < 1.29 is 16.3 Å². The van der Waals surface area contributed by atoms with E-state index in [9.17, 15) is 0 Å². The molecule has 0 unspecified atom stereocenters. The molecule has 15 heavy (non-hydrogen) atoms. The number of benzene rings is 1. The van der Waals surface area contributed by atoms with Gasteiger partial charge < -0.3 is 14.8 Å². The Morgan fingerprint density at radius 2 is 2.33 bits per heavy atom. The van der Waals surface area contributed by atoms with Crippen molar-refractivity contribution in [1.82, 2.24) is 5.32 Å². The minimum Gasteiger partial charge on any atom is -0.454 e. The molecule has 0 saturated carbocycles. The fraction of sp³-hybridized carbons (Fsp3) is 0.500. The SMILES string of the molecule is [2H]C([2H])(C)N[C@@]([2H])(C)C([2H])([2H])c1ccc2c(c1)OCO2. The van der Waals surface area contributed by atoms with Crippen molar-refractivity contribution in [1.29, 1.82) is 0 Å². The maximum absolute atomic E-state index is 8.17. The third-order valence-corrected chi connectivity index (χ3v) is 2.02. The van der Waals surface area contributed by atoms with Crippen LogP contribution in [-0.2, 0) is 6.37 Å². The van der Waals surface area contributed by atoms with Crippen LogP contribution in [0.1, 0.15) is 26.3 Å². The molecule has 1 heterocycles. The number of fused-ring (bicyclic) bond motifs is 1. The minimum atomic E-state index is -2.11. The summed E-state index contributed by atoms with van der Waals surface area (Å²) in [4.78, 5) is 0. The van der Waals surface area contributed by atoms with Crippen molar-refractivity contribution in [2.45, 2.75) is 26.2 Å². The Kier molecular flexibility index (Phi) is 1.74. The topological polar surface area (TPSA) is 30.5 Å². The van der Waals surface area contributed by atoms with Crippen LogP contribution in [0.4, 0.5) is 0 Å². The van der Waals surface area contributed by atoms with E-state index >= 15 is 0 Å². The summed E-state index contributed by atoms with van der Waals surface area (Å²) < 4.78 is 49.8. The molecular weight excluding hydrogens is 190 g/mol. The van der Waals surface area contributed by atoms with E-state index in [0.29, 0.717) is 11.5 Å². The standard InChI is InChI=1S/C12H17NO2/c1-3-13-9(2)6-10-4-5-11-12(7-10)15-8-14-11/h4-5,7,9,13H,3,6,8H2,1-2H3/t9-/m0/s1/i3D2,6D2,9D. The third kappa shape index (κ3) is 2.42. The molecule has 3 heteroatoms. The Bertz CT molecular complexity index is 513. The Morgan fingerprint density at radius 3 is 3.13 bits per heavy atom. The molecule has 1 atom stereocenters. The molecular formula is C12H17NO2. The lowest BCUT2D eigenvalue weighted by Crippen LogP contribution is -2.27. The molecule has 0 saturated heterocycles. The molecule has 2 rings (SSSR count). The van der Waals surface area contributed by atoms with E-state index in [0.717, 1.165) is 0 Å². The first-order chi connectivity index (χ1) is 9.03. The molecule has 1 aromatic carbocycles. The maximum Gasteiger partial charge on any atom is 0.231 e. The van der Waals surface area contributed by atoms with E-state index in [4.69, 9.17) is 16.3 Å². The number of ether oxygens (including phenoxy) is 2. The van der Waals surface area contributed by atoms with Gasteiger partial charge in [-0.15, -0.1) is 0 Å². The largest absolute Gasteiger partial charge is 0.454 e. The van der Waals surface area contributed by atoms with E-state index < -0.39 is 18.9 Å². The average molecular weight is 212 g/mol. The lowest BCUT2D eigenvalue weighted by atomic mass is 10.1. The van der Waals surface area contributed by atoms with Crippen molar-refractivity contribution in [2.24, 2.45) is 0 Å². The molecule has 0 aliphatic carbocycles. The Labute approximate surface area is 97.4 Å². The van der Waals surface area contributed by atoms with Gasteiger partial charge in [-0.25, -0.2) is 0 Å². The van der Waals surface area contributed by atoms with Crippen molar-refractivity contribution in [2.75, 3.05) is 13.3 Å². The van der Waals surface area contributed by atoms with Crippen molar-refractivity contribution in [3.8, 4) is 11.5 Å². The van der Waals surface area contributed by atoms with E-state index in [2.05, 4.69) is 5.32 Å². The highest BCUT2D eigenvalue weighted by molar-refractivity contribution is 5.44. The first-order valence-electron chi connectivity index (χ1n) is 7.22. The van der Waals surface area contributed by atoms with Gasteiger partial charge in [0.15, 0.2) is 11.5 Å². The van der Waals surface area contributed by atoms with Crippen molar-refractivity contribution >= 4 is 0 Å². The van der Waals surface area contributed by atoms with E-state index in [1.807, 2.05) is 0 Å². The summed E-state index contributed by atoms with van der Waals surface area (Å²) in [7, 11) is 0. The molecule has 3 nitrogen and oxygen atoms in total. The van der Waals surface area contributed by atoms with Crippen LogP contribution in [0.5, 0.6) is 11.5 Å². The molecule has 0 amide bonds. The Morgan fingerprint density at radius 1 is 1.53 bits per heavy atom. The van der Waals surface area contributed by atoms with Gasteiger partial charge in [-0.2, -0.15) is 0 Å². The highest BCUT2D eigenvalue weighted by Crippen LogP contribution is 2.32. The zero-order valence-electron chi connectivity index (χ0n) is 13.8. The van der Waals surface area contributed by atoms with Crippen molar-refractivity contribution in [3.63, 3.8) is 0 Å². The number of nitrogens with one attached hydrogen (secondary N) is 1. The van der Waals surface area contributed by atoms with Crippen LogP contribution >= 0.6 is 0 Å². The van der Waals surface area contributed by atoms with Gasteiger partial charge >= 0.3 is 0 Å².